The smallest absolute Gasteiger partial charge is 0.319 e. The minimum atomic E-state index is -0.553. The van der Waals surface area contributed by atoms with Gasteiger partial charge in [-0.2, -0.15) is 0 Å². The molecule has 3 aromatic carbocycles. The predicted octanol–water partition coefficient (Wildman–Crippen LogP) is 5.40. The van der Waals surface area contributed by atoms with Crippen molar-refractivity contribution >= 4 is 11.7 Å². The molecule has 2 amide bonds. The van der Waals surface area contributed by atoms with E-state index in [0.717, 1.165) is 54.8 Å². The molecule has 5 unspecified atom stereocenters. The summed E-state index contributed by atoms with van der Waals surface area (Å²) < 4.78 is 18.7. The quantitative estimate of drug-likeness (QED) is 0.308. The van der Waals surface area contributed by atoms with Gasteiger partial charge in [0.15, 0.2) is 6.29 Å². The van der Waals surface area contributed by atoms with Crippen LogP contribution in [0, 0.1) is 5.92 Å². The largest absolute Gasteiger partial charge is 0.392 e. The Morgan fingerprint density at radius 2 is 1.71 bits per heavy atom. The molecule has 0 aliphatic carbocycles. The molecule has 2 fully saturated rings. The molecule has 3 aromatic rings. The fourth-order valence-corrected chi connectivity index (χ4v) is 5.75. The van der Waals surface area contributed by atoms with Crippen LogP contribution in [-0.4, -0.2) is 55.0 Å². The van der Waals surface area contributed by atoms with E-state index in [-0.39, 0.29) is 30.8 Å². The van der Waals surface area contributed by atoms with Crippen molar-refractivity contribution < 1.29 is 24.1 Å². The fourth-order valence-electron chi connectivity index (χ4n) is 5.75. The zero-order valence-corrected chi connectivity index (χ0v) is 23.9. The van der Waals surface area contributed by atoms with Crippen LogP contribution in [0.4, 0.5) is 10.5 Å². The van der Waals surface area contributed by atoms with E-state index in [0.29, 0.717) is 18.3 Å². The molecule has 5 rings (SSSR count). The number of carbonyl (C=O) groups is 1. The van der Waals surface area contributed by atoms with Gasteiger partial charge in [0.2, 0.25) is 0 Å². The van der Waals surface area contributed by atoms with Gasteiger partial charge in [0, 0.05) is 43.4 Å². The second-order valence-electron chi connectivity index (χ2n) is 11.0. The van der Waals surface area contributed by atoms with Gasteiger partial charge < -0.3 is 30.0 Å². The topological polar surface area (TPSA) is 92.3 Å². The Hall–Kier alpha value is -3.27. The van der Waals surface area contributed by atoms with E-state index in [4.69, 9.17) is 14.2 Å². The number of aliphatic hydroxyl groups is 1. The number of hydrogen-bond acceptors (Lipinski definition) is 6. The van der Waals surface area contributed by atoms with Gasteiger partial charge in [-0.1, -0.05) is 73.7 Å². The van der Waals surface area contributed by atoms with Crippen molar-refractivity contribution in [3.63, 3.8) is 0 Å². The molecule has 0 aromatic heterocycles. The highest BCUT2D eigenvalue weighted by Crippen LogP contribution is 2.42. The van der Waals surface area contributed by atoms with Crippen LogP contribution in [0.25, 0.3) is 0 Å². The number of nitrogens with one attached hydrogen (secondary N) is 2. The van der Waals surface area contributed by atoms with E-state index in [2.05, 4.69) is 22.5 Å². The van der Waals surface area contributed by atoms with E-state index in [1.165, 1.54) is 0 Å². The van der Waals surface area contributed by atoms with Gasteiger partial charge in [-0.3, -0.25) is 4.90 Å². The maximum atomic E-state index is 12.4. The van der Waals surface area contributed by atoms with Gasteiger partial charge in [-0.25, -0.2) is 4.79 Å². The summed E-state index contributed by atoms with van der Waals surface area (Å²) in [4.78, 5) is 14.9. The van der Waals surface area contributed by atoms with Crippen LogP contribution >= 0.6 is 0 Å². The number of aliphatic hydroxyl groups excluding tert-OH is 1. The third-order valence-corrected chi connectivity index (χ3v) is 8.13. The summed E-state index contributed by atoms with van der Waals surface area (Å²) in [5.74, 6) is 0.115. The van der Waals surface area contributed by atoms with Crippen molar-refractivity contribution in [2.24, 2.45) is 5.92 Å². The van der Waals surface area contributed by atoms with Crippen molar-refractivity contribution in [3.8, 4) is 0 Å². The molecule has 218 valence electrons. The number of hydrogen-bond donors (Lipinski definition) is 3. The normalized spacial score (nSPS) is 24.7. The second kappa shape index (κ2) is 14.1. The monoisotopic (exact) mass is 559 g/mol. The Morgan fingerprint density at radius 1 is 0.976 bits per heavy atom. The Morgan fingerprint density at radius 3 is 2.41 bits per heavy atom. The summed E-state index contributed by atoms with van der Waals surface area (Å²) in [6.07, 6.45) is 1.53. The number of nitrogens with zero attached hydrogens (tertiary/aromatic N) is 1. The van der Waals surface area contributed by atoms with Gasteiger partial charge in [0.05, 0.1) is 25.4 Å². The number of likely N-dealkylation sites (tertiary alicyclic amines) is 1. The van der Waals surface area contributed by atoms with E-state index in [9.17, 15) is 9.90 Å². The molecular weight excluding hydrogens is 518 g/mol. The highest BCUT2D eigenvalue weighted by Gasteiger charge is 2.40. The maximum Gasteiger partial charge on any atom is 0.319 e. The second-order valence-corrected chi connectivity index (χ2v) is 11.0. The minimum Gasteiger partial charge on any atom is -0.392 e. The molecule has 0 radical (unpaired) electrons. The van der Waals surface area contributed by atoms with Crippen LogP contribution < -0.4 is 10.6 Å². The number of ether oxygens (including phenoxy) is 3. The summed E-state index contributed by atoms with van der Waals surface area (Å²) in [5, 5.41) is 15.3. The average molecular weight is 560 g/mol. The standard InChI is InChI=1S/C33H41N3O5/c1-23-30(20-36-18-6-9-29(36)22-39-2)40-32(41-31(23)26-12-10-25(21-37)11-13-26)27-14-16-28(17-15-27)35-33(38)34-19-24-7-4-3-5-8-24/h3-5,7-8,10-17,23,29-32,37H,6,9,18-22H2,1-2H3,(H2,34,35,38). The predicted molar refractivity (Wildman–Crippen MR) is 158 cm³/mol. The number of amides is 2. The van der Waals surface area contributed by atoms with Crippen LogP contribution in [0.5, 0.6) is 0 Å². The highest BCUT2D eigenvalue weighted by atomic mass is 16.7. The SMILES string of the molecule is COCC1CCCN1CC1OC(c2ccc(NC(=O)NCc3ccccc3)cc2)OC(c2ccc(CO)cc2)C1C. The summed E-state index contributed by atoms with van der Waals surface area (Å²) in [5.41, 5.74) is 4.56. The molecule has 2 aliphatic heterocycles. The third-order valence-electron chi connectivity index (χ3n) is 8.13. The number of benzene rings is 3. The molecule has 41 heavy (non-hydrogen) atoms. The van der Waals surface area contributed by atoms with E-state index < -0.39 is 6.29 Å². The number of carbonyl (C=O) groups excluding carboxylic acids is 1. The van der Waals surface area contributed by atoms with Crippen LogP contribution in [0.1, 0.15) is 54.4 Å². The fraction of sp³-hybridized carbons (Fsp3) is 0.424. The Kier molecular flexibility index (Phi) is 10.0. The number of urea groups is 1. The van der Waals surface area contributed by atoms with Gasteiger partial charge in [-0.15, -0.1) is 0 Å². The lowest BCUT2D eigenvalue weighted by Crippen LogP contribution is -2.46. The first-order valence-corrected chi connectivity index (χ1v) is 14.5. The molecule has 0 saturated carbocycles. The molecular formula is C33H41N3O5. The van der Waals surface area contributed by atoms with Gasteiger partial charge in [0.1, 0.15) is 0 Å². The van der Waals surface area contributed by atoms with Gasteiger partial charge in [0.25, 0.3) is 0 Å². The van der Waals surface area contributed by atoms with Crippen molar-refractivity contribution in [2.75, 3.05) is 32.1 Å². The summed E-state index contributed by atoms with van der Waals surface area (Å²) in [6.45, 7) is 5.22. The molecule has 0 bridgehead atoms. The van der Waals surface area contributed by atoms with Gasteiger partial charge >= 0.3 is 6.03 Å². The van der Waals surface area contributed by atoms with E-state index in [1.54, 1.807) is 7.11 Å². The minimum absolute atomic E-state index is 0.0101. The van der Waals surface area contributed by atoms with Crippen molar-refractivity contribution in [3.05, 3.63) is 101 Å². The number of anilines is 1. The van der Waals surface area contributed by atoms with Crippen molar-refractivity contribution in [1.29, 1.82) is 0 Å². The zero-order chi connectivity index (χ0) is 28.6. The third kappa shape index (κ3) is 7.52. The molecule has 2 heterocycles. The zero-order valence-electron chi connectivity index (χ0n) is 23.9. The molecule has 2 aliphatic rings. The molecule has 8 nitrogen and oxygen atoms in total. The molecule has 3 N–H and O–H groups in total. The average Bonchev–Trinajstić information content (AvgIpc) is 3.44. The number of methoxy groups -OCH3 is 1. The first kappa shape index (κ1) is 29.2. The molecule has 2 saturated heterocycles. The lowest BCUT2D eigenvalue weighted by atomic mass is 9.90. The Balaban J connectivity index is 1.28. The Bertz CT molecular complexity index is 1240. The first-order valence-electron chi connectivity index (χ1n) is 14.5. The van der Waals surface area contributed by atoms with Crippen LogP contribution in [0.2, 0.25) is 0 Å². The van der Waals surface area contributed by atoms with Crippen LogP contribution in [0.3, 0.4) is 0 Å². The Labute approximate surface area is 242 Å². The number of rotatable bonds is 10. The molecule has 8 heteroatoms. The van der Waals surface area contributed by atoms with Crippen LogP contribution in [0.15, 0.2) is 78.9 Å². The van der Waals surface area contributed by atoms with E-state index >= 15 is 0 Å². The van der Waals surface area contributed by atoms with E-state index in [1.807, 2.05) is 78.9 Å². The summed E-state index contributed by atoms with van der Waals surface area (Å²) in [7, 11) is 1.76. The maximum absolute atomic E-state index is 12.4. The molecule has 5 atom stereocenters. The van der Waals surface area contributed by atoms with Crippen LogP contribution in [-0.2, 0) is 27.4 Å². The lowest BCUT2D eigenvalue weighted by molar-refractivity contribution is -0.276. The summed E-state index contributed by atoms with van der Waals surface area (Å²) >= 11 is 0. The lowest BCUT2D eigenvalue weighted by Gasteiger charge is -2.43. The molecule has 0 spiro atoms. The van der Waals surface area contributed by atoms with Crippen molar-refractivity contribution in [2.45, 2.75) is 57.5 Å². The first-order chi connectivity index (χ1) is 20.0. The highest BCUT2D eigenvalue weighted by molar-refractivity contribution is 5.89. The van der Waals surface area contributed by atoms with Crippen molar-refractivity contribution in [1.82, 2.24) is 10.2 Å². The van der Waals surface area contributed by atoms with Gasteiger partial charge in [-0.05, 0) is 48.2 Å². The summed E-state index contributed by atoms with van der Waals surface area (Å²) in [6, 6.07) is 25.5.